The molecule has 0 spiro atoms. The molecule has 101 heavy (non-hydrogen) atoms. The molecule has 2 aliphatic rings. The fourth-order valence-corrected chi connectivity index (χ4v) is 12.0. The Morgan fingerprint density at radius 3 is 2.24 bits per heavy atom. The Kier molecular flexibility index (Phi) is 24.1. The fraction of sp³-hybridized carbons (Fsp3) is 0.479. The zero-order chi connectivity index (χ0) is 73.3. The molecule has 20 nitrogen and oxygen atoms in total. The molecule has 0 saturated heterocycles. The van der Waals surface area contributed by atoms with Crippen LogP contribution in [-0.2, 0) is 73.3 Å². The maximum Gasteiger partial charge on any atom is 0.586 e. The van der Waals surface area contributed by atoms with Crippen molar-refractivity contribution < 1.29 is 88.2 Å². The predicted molar refractivity (Wildman–Crippen MR) is 364 cm³/mol. The lowest BCUT2D eigenvalue weighted by Gasteiger charge is -2.37. The number of aliphatic hydroxyl groups is 2. The second-order valence-corrected chi connectivity index (χ2v) is 33.3. The van der Waals surface area contributed by atoms with Crippen LogP contribution < -0.4 is 24.8 Å². The summed E-state index contributed by atoms with van der Waals surface area (Å²) < 4.78 is 141. The summed E-state index contributed by atoms with van der Waals surface area (Å²) in [5.74, 6) is 3.04. The minimum Gasteiger partial charge on any atom is -0.489 e. The van der Waals surface area contributed by atoms with E-state index in [1.54, 1.807) is 66.5 Å². The van der Waals surface area contributed by atoms with Crippen molar-refractivity contribution in [3.05, 3.63) is 159 Å². The average Bonchev–Trinajstić information content (AvgIpc) is 1.59. The molecule has 4 aromatic carbocycles. The molecule has 1 fully saturated rings. The molecule has 0 radical (unpaired) electrons. The van der Waals surface area contributed by atoms with Gasteiger partial charge in [0.05, 0.1) is 97.5 Å². The minimum atomic E-state index is -4.92. The number of nitrogens with zero attached hydrogens (tertiary/aromatic N) is 6. The van der Waals surface area contributed by atoms with E-state index in [4.69, 9.17) is 23.4 Å². The molecule has 0 unspecified atom stereocenters. The Morgan fingerprint density at radius 2 is 1.54 bits per heavy atom. The summed E-state index contributed by atoms with van der Waals surface area (Å²) in [5.41, 5.74) is 0.122. The number of halogens is 7. The number of anilines is 1. The molecule has 1 aliphatic heterocycles. The van der Waals surface area contributed by atoms with E-state index in [-0.39, 0.29) is 105 Å². The van der Waals surface area contributed by atoms with Gasteiger partial charge in [0, 0.05) is 72.6 Å². The largest absolute Gasteiger partial charge is 0.586 e. The Bertz CT molecular complexity index is 4140. The molecule has 544 valence electrons. The maximum atomic E-state index is 15.9. The normalized spacial score (nSPS) is 14.5. The van der Waals surface area contributed by atoms with E-state index in [2.05, 4.69) is 81.1 Å². The van der Waals surface area contributed by atoms with Gasteiger partial charge >= 0.3 is 18.6 Å². The van der Waals surface area contributed by atoms with Crippen LogP contribution in [0.5, 0.6) is 17.2 Å². The number of aliphatic hydroxyl groups excluding tert-OH is 2. The average molecular weight is 1430 g/mol. The number of ether oxygens (including phenoxy) is 6. The van der Waals surface area contributed by atoms with Gasteiger partial charge < -0.3 is 63.2 Å². The Balaban J connectivity index is 0.709. The van der Waals surface area contributed by atoms with E-state index in [0.717, 1.165) is 25.3 Å². The number of hydrogen-bond donors (Lipinski definition) is 4. The lowest BCUT2D eigenvalue weighted by Crippen LogP contribution is -2.44. The standard InChI is InChI=1S/C73H87F7N8O12Si/c1-68(2,3)100-67(93)86(28-31-97-101(9,10)69(4,5)6)39-50-32-47(18-23-61(50)96-44-48-17-22-57(74)56(33-48)72(76,77)78)16-12-13-27-81-65(91)51-38-82-87(40-51)41-53-20-21-54(85-84-53)45-94-29-14-11-15-30-95-46-70(7,8)64-35-49-34-59(58(75)37-60(49)88(64)42-55(90)43-89)83-66(92)71(25-26-71)52-19-24-62-63(36-52)99-73(79,80)98-62/h17-24,32-38,40,55,89-90H,11,13-15,25-31,39,41-46H2,1-10H3,(H,81,91)(H,83,92)/t55-/m0/s1. The van der Waals surface area contributed by atoms with Gasteiger partial charge in [0.2, 0.25) is 5.91 Å². The van der Waals surface area contributed by atoms with Gasteiger partial charge in [-0.2, -0.15) is 28.5 Å². The maximum absolute atomic E-state index is 15.9. The first-order valence-corrected chi connectivity index (χ1v) is 36.3. The molecular formula is C73H87F7N8O12Si. The van der Waals surface area contributed by atoms with Gasteiger partial charge in [-0.1, -0.05) is 58.6 Å². The van der Waals surface area contributed by atoms with Crippen LogP contribution in [0.25, 0.3) is 10.9 Å². The number of fused-ring (bicyclic) bond motifs is 2. The Hall–Kier alpha value is -8.59. The second kappa shape index (κ2) is 31.7. The van der Waals surface area contributed by atoms with Crippen molar-refractivity contribution in [3.63, 3.8) is 0 Å². The van der Waals surface area contributed by atoms with Gasteiger partial charge in [-0.25, -0.2) is 13.6 Å². The zero-order valence-corrected chi connectivity index (χ0v) is 59.3. The summed E-state index contributed by atoms with van der Waals surface area (Å²) in [6.07, 6.45) is -4.10. The van der Waals surface area contributed by atoms with E-state index in [0.29, 0.717) is 82.4 Å². The van der Waals surface area contributed by atoms with E-state index in [1.165, 1.54) is 47.5 Å². The molecule has 1 saturated carbocycles. The highest BCUT2D eigenvalue weighted by molar-refractivity contribution is 6.74. The number of hydrogen-bond acceptors (Lipinski definition) is 15. The van der Waals surface area contributed by atoms with E-state index in [1.807, 2.05) is 19.9 Å². The van der Waals surface area contributed by atoms with Crippen LogP contribution in [0.3, 0.4) is 0 Å². The molecule has 28 heteroatoms. The van der Waals surface area contributed by atoms with Crippen molar-refractivity contribution in [2.75, 3.05) is 51.4 Å². The SMILES string of the molecule is CC(C)(C)OC(=O)N(CCO[Si](C)(C)C(C)(C)C)Cc1cc(C#CCCNC(=O)c2cnn(Cc3ccc(COCCCCCOCC(C)(C)c4cc5cc(NC(=O)C6(c7ccc8c(c7)OC(F)(F)O8)CC6)c(F)cc5n4C[C@H](O)CO)nn3)c2)ccc1OCc1ccc(F)c(C(F)(F)F)c1. The highest BCUT2D eigenvalue weighted by Crippen LogP contribution is 2.53. The number of amides is 3. The summed E-state index contributed by atoms with van der Waals surface area (Å²) in [6.45, 7) is 20.9. The lowest BCUT2D eigenvalue weighted by molar-refractivity contribution is -0.286. The van der Waals surface area contributed by atoms with Gasteiger partial charge in [-0.15, -0.1) is 8.78 Å². The second-order valence-electron chi connectivity index (χ2n) is 28.5. The Morgan fingerprint density at radius 1 is 0.822 bits per heavy atom. The van der Waals surface area contributed by atoms with Crippen molar-refractivity contribution in [1.82, 2.24) is 34.8 Å². The smallest absolute Gasteiger partial charge is 0.489 e. The van der Waals surface area contributed by atoms with Crippen molar-refractivity contribution in [3.8, 4) is 29.1 Å². The van der Waals surface area contributed by atoms with Crippen molar-refractivity contribution in [2.24, 2.45) is 0 Å². The van der Waals surface area contributed by atoms with Crippen LogP contribution in [0.15, 0.2) is 97.3 Å². The molecule has 3 aromatic heterocycles. The van der Waals surface area contributed by atoms with E-state index >= 15 is 4.39 Å². The van der Waals surface area contributed by atoms with Crippen LogP contribution in [0.4, 0.5) is 41.2 Å². The highest BCUT2D eigenvalue weighted by Gasteiger charge is 2.53. The van der Waals surface area contributed by atoms with Crippen molar-refractivity contribution in [1.29, 1.82) is 0 Å². The quantitative estimate of drug-likeness (QED) is 0.0137. The van der Waals surface area contributed by atoms with Gasteiger partial charge in [0.1, 0.15) is 29.6 Å². The number of nitrogens with one attached hydrogen (secondary N) is 2. The number of aromatic nitrogens is 5. The van der Waals surface area contributed by atoms with E-state index < -0.39 is 79.1 Å². The van der Waals surface area contributed by atoms with Gasteiger partial charge in [-0.3, -0.25) is 14.3 Å². The first kappa shape index (κ1) is 76.6. The van der Waals surface area contributed by atoms with Crippen molar-refractivity contribution in [2.45, 2.75) is 180 Å². The topological polar surface area (TPSA) is 232 Å². The predicted octanol–water partition coefficient (Wildman–Crippen LogP) is 13.5. The summed E-state index contributed by atoms with van der Waals surface area (Å²) in [4.78, 5) is 42.1. The monoisotopic (exact) mass is 1430 g/mol. The van der Waals surface area contributed by atoms with Crippen LogP contribution in [-0.4, -0.2) is 130 Å². The first-order chi connectivity index (χ1) is 47.5. The molecule has 0 bridgehead atoms. The molecule has 9 rings (SSSR count). The molecule has 7 aromatic rings. The zero-order valence-electron chi connectivity index (χ0n) is 58.3. The van der Waals surface area contributed by atoms with E-state index in [9.17, 15) is 50.9 Å². The third kappa shape index (κ3) is 20.4. The number of benzene rings is 4. The molecule has 4 heterocycles. The summed E-state index contributed by atoms with van der Waals surface area (Å²) in [7, 11) is -2.22. The fourth-order valence-electron chi connectivity index (χ4n) is 11.0. The number of carbonyl (C=O) groups excluding carboxylic acids is 3. The summed E-state index contributed by atoms with van der Waals surface area (Å²) >= 11 is 0. The van der Waals surface area contributed by atoms with Crippen LogP contribution in [0.1, 0.15) is 149 Å². The number of alkyl halides is 5. The first-order valence-electron chi connectivity index (χ1n) is 33.4. The summed E-state index contributed by atoms with van der Waals surface area (Å²) in [5, 5.41) is 39.3. The van der Waals surface area contributed by atoms with Crippen LogP contribution in [0.2, 0.25) is 18.1 Å². The number of unbranched alkanes of at least 4 members (excludes halogenated alkanes) is 2. The van der Waals surface area contributed by atoms with Gasteiger partial charge in [-0.05, 0) is 149 Å². The Labute approximate surface area is 583 Å². The minimum absolute atomic E-state index is 0.0380. The van der Waals surface area contributed by atoms with Crippen molar-refractivity contribution >= 4 is 42.8 Å². The molecule has 1 atom stereocenters. The number of rotatable bonds is 31. The van der Waals surface area contributed by atoms with Crippen LogP contribution in [0, 0.1) is 23.5 Å². The molecule has 4 N–H and O–H groups in total. The number of carbonyl (C=O) groups is 3. The third-order valence-corrected chi connectivity index (χ3v) is 22.2. The molecule has 3 amide bonds. The van der Waals surface area contributed by atoms with Gasteiger partial charge in [0.25, 0.3) is 5.91 Å². The molecule has 1 aliphatic carbocycles. The molecular weight excluding hydrogens is 1340 g/mol. The third-order valence-electron chi connectivity index (χ3n) is 17.7. The van der Waals surface area contributed by atoms with Gasteiger partial charge in [0.15, 0.2) is 19.8 Å². The van der Waals surface area contributed by atoms with Crippen LogP contribution >= 0.6 is 0 Å². The lowest BCUT2D eigenvalue weighted by atomic mass is 9.90. The highest BCUT2D eigenvalue weighted by atomic mass is 28.4. The summed E-state index contributed by atoms with van der Waals surface area (Å²) in [6, 6.07) is 20.0.